The molecule has 1 saturated carbocycles. The predicted octanol–water partition coefficient (Wildman–Crippen LogP) is 1.37. The van der Waals surface area contributed by atoms with E-state index in [1.165, 1.54) is 25.7 Å². The SMILES string of the molecule is CC(CCN)N1CCOC2CCCCC21. The van der Waals surface area contributed by atoms with Gasteiger partial charge >= 0.3 is 0 Å². The molecule has 2 N–H and O–H groups in total. The maximum absolute atomic E-state index is 5.87. The van der Waals surface area contributed by atoms with Crippen LogP contribution in [0, 0.1) is 0 Å². The highest BCUT2D eigenvalue weighted by molar-refractivity contribution is 4.89. The summed E-state index contributed by atoms with van der Waals surface area (Å²) in [4.78, 5) is 2.64. The maximum Gasteiger partial charge on any atom is 0.0731 e. The van der Waals surface area contributed by atoms with Crippen molar-refractivity contribution in [2.75, 3.05) is 19.7 Å². The van der Waals surface area contributed by atoms with Gasteiger partial charge in [0.05, 0.1) is 12.7 Å². The Hall–Kier alpha value is -0.120. The van der Waals surface area contributed by atoms with Gasteiger partial charge in [-0.2, -0.15) is 0 Å². The average molecular weight is 212 g/mol. The molecular weight excluding hydrogens is 188 g/mol. The molecule has 3 atom stereocenters. The number of fused-ring (bicyclic) bond motifs is 1. The molecule has 0 bridgehead atoms. The summed E-state index contributed by atoms with van der Waals surface area (Å²) in [6, 6.07) is 1.30. The van der Waals surface area contributed by atoms with Crippen molar-refractivity contribution < 1.29 is 4.74 Å². The minimum Gasteiger partial charge on any atom is -0.375 e. The van der Waals surface area contributed by atoms with Gasteiger partial charge in [0.1, 0.15) is 0 Å². The van der Waals surface area contributed by atoms with Crippen LogP contribution in [-0.2, 0) is 4.74 Å². The number of nitrogens with two attached hydrogens (primary N) is 1. The summed E-state index contributed by atoms with van der Waals surface area (Å²) in [6.45, 7) is 5.12. The summed E-state index contributed by atoms with van der Waals surface area (Å²) < 4.78 is 5.87. The minimum absolute atomic E-state index is 0.507. The molecule has 0 aromatic heterocycles. The predicted molar refractivity (Wildman–Crippen MR) is 61.8 cm³/mol. The maximum atomic E-state index is 5.87. The summed E-state index contributed by atoms with van der Waals surface area (Å²) in [6.07, 6.45) is 6.92. The number of rotatable bonds is 3. The molecule has 2 rings (SSSR count). The van der Waals surface area contributed by atoms with E-state index >= 15 is 0 Å². The molecule has 0 amide bonds. The molecule has 0 radical (unpaired) electrons. The number of ether oxygens (including phenoxy) is 1. The van der Waals surface area contributed by atoms with Crippen molar-refractivity contribution in [3.05, 3.63) is 0 Å². The molecule has 0 aromatic rings. The van der Waals surface area contributed by atoms with Gasteiger partial charge in [-0.3, -0.25) is 4.90 Å². The van der Waals surface area contributed by atoms with E-state index in [-0.39, 0.29) is 0 Å². The molecule has 0 spiro atoms. The molecule has 2 aliphatic rings. The lowest BCUT2D eigenvalue weighted by Crippen LogP contribution is -2.55. The fourth-order valence-corrected chi connectivity index (χ4v) is 3.08. The fraction of sp³-hybridized carbons (Fsp3) is 1.00. The highest BCUT2D eigenvalue weighted by Gasteiger charge is 2.35. The van der Waals surface area contributed by atoms with Crippen LogP contribution in [0.25, 0.3) is 0 Å². The van der Waals surface area contributed by atoms with Crippen molar-refractivity contribution in [2.24, 2.45) is 5.73 Å². The van der Waals surface area contributed by atoms with E-state index in [9.17, 15) is 0 Å². The number of morpholine rings is 1. The highest BCUT2D eigenvalue weighted by atomic mass is 16.5. The van der Waals surface area contributed by atoms with Crippen LogP contribution in [0.3, 0.4) is 0 Å². The van der Waals surface area contributed by atoms with E-state index in [0.29, 0.717) is 18.2 Å². The molecule has 1 heterocycles. The Kier molecular flexibility index (Phi) is 4.00. The van der Waals surface area contributed by atoms with Crippen LogP contribution in [0.5, 0.6) is 0 Å². The standard InChI is InChI=1S/C12H24N2O/c1-10(6-7-13)14-8-9-15-12-5-3-2-4-11(12)14/h10-12H,2-9,13H2,1H3. The van der Waals surface area contributed by atoms with Crippen molar-refractivity contribution >= 4 is 0 Å². The third-order valence-corrected chi connectivity index (χ3v) is 3.93. The molecule has 1 aliphatic heterocycles. The average Bonchev–Trinajstić information content (AvgIpc) is 2.28. The molecule has 3 nitrogen and oxygen atoms in total. The van der Waals surface area contributed by atoms with Gasteiger partial charge in [0.15, 0.2) is 0 Å². The van der Waals surface area contributed by atoms with Crippen LogP contribution < -0.4 is 5.73 Å². The van der Waals surface area contributed by atoms with Gasteiger partial charge in [0, 0.05) is 18.6 Å². The molecule has 15 heavy (non-hydrogen) atoms. The minimum atomic E-state index is 0.507. The van der Waals surface area contributed by atoms with E-state index < -0.39 is 0 Å². The summed E-state index contributed by atoms with van der Waals surface area (Å²) in [5.74, 6) is 0. The zero-order chi connectivity index (χ0) is 10.7. The third kappa shape index (κ3) is 2.52. The highest BCUT2D eigenvalue weighted by Crippen LogP contribution is 2.29. The zero-order valence-electron chi connectivity index (χ0n) is 9.82. The smallest absolute Gasteiger partial charge is 0.0731 e. The van der Waals surface area contributed by atoms with Crippen molar-refractivity contribution in [2.45, 2.75) is 57.2 Å². The molecule has 3 unspecified atom stereocenters. The topological polar surface area (TPSA) is 38.5 Å². The van der Waals surface area contributed by atoms with Crippen LogP contribution in [0.15, 0.2) is 0 Å². The van der Waals surface area contributed by atoms with Crippen LogP contribution in [0.4, 0.5) is 0 Å². The quantitative estimate of drug-likeness (QED) is 0.768. The lowest BCUT2D eigenvalue weighted by molar-refractivity contribution is -0.101. The largest absolute Gasteiger partial charge is 0.375 e. The van der Waals surface area contributed by atoms with E-state index in [1.54, 1.807) is 0 Å². The molecule has 0 aromatic carbocycles. The monoisotopic (exact) mass is 212 g/mol. The van der Waals surface area contributed by atoms with Gasteiger partial charge in [0.25, 0.3) is 0 Å². The first-order valence-electron chi connectivity index (χ1n) is 6.40. The van der Waals surface area contributed by atoms with E-state index in [1.807, 2.05) is 0 Å². The van der Waals surface area contributed by atoms with Crippen LogP contribution in [-0.4, -0.2) is 42.8 Å². The number of nitrogens with zero attached hydrogens (tertiary/aromatic N) is 1. The molecule has 3 heteroatoms. The van der Waals surface area contributed by atoms with E-state index in [4.69, 9.17) is 10.5 Å². The normalized spacial score (nSPS) is 34.8. The second-order valence-electron chi connectivity index (χ2n) is 4.93. The molecular formula is C12H24N2O. The van der Waals surface area contributed by atoms with Gasteiger partial charge in [-0.05, 0) is 32.7 Å². The first-order chi connectivity index (χ1) is 7.33. The van der Waals surface area contributed by atoms with Crippen molar-refractivity contribution in [3.8, 4) is 0 Å². The van der Waals surface area contributed by atoms with Gasteiger partial charge in [-0.1, -0.05) is 12.8 Å². The lowest BCUT2D eigenvalue weighted by Gasteiger charge is -2.46. The number of hydrogen-bond donors (Lipinski definition) is 1. The van der Waals surface area contributed by atoms with Crippen molar-refractivity contribution in [3.63, 3.8) is 0 Å². The van der Waals surface area contributed by atoms with Gasteiger partial charge in [-0.25, -0.2) is 0 Å². The van der Waals surface area contributed by atoms with Gasteiger partial charge in [0.2, 0.25) is 0 Å². The summed E-state index contributed by atoms with van der Waals surface area (Å²) in [5, 5.41) is 0. The van der Waals surface area contributed by atoms with Crippen molar-refractivity contribution in [1.29, 1.82) is 0 Å². The molecule has 2 fully saturated rings. The Morgan fingerprint density at radius 1 is 1.40 bits per heavy atom. The Bertz CT molecular complexity index is 196. The number of hydrogen-bond acceptors (Lipinski definition) is 3. The Morgan fingerprint density at radius 2 is 2.20 bits per heavy atom. The summed E-state index contributed by atoms with van der Waals surface area (Å²) in [7, 11) is 0. The third-order valence-electron chi connectivity index (χ3n) is 3.93. The summed E-state index contributed by atoms with van der Waals surface area (Å²) >= 11 is 0. The van der Waals surface area contributed by atoms with Crippen LogP contribution >= 0.6 is 0 Å². The van der Waals surface area contributed by atoms with Crippen LogP contribution in [0.1, 0.15) is 39.0 Å². The fourth-order valence-electron chi connectivity index (χ4n) is 3.08. The lowest BCUT2D eigenvalue weighted by atomic mass is 9.89. The molecule has 1 aliphatic carbocycles. The first-order valence-corrected chi connectivity index (χ1v) is 6.40. The first kappa shape index (κ1) is 11.4. The Morgan fingerprint density at radius 3 is 3.00 bits per heavy atom. The zero-order valence-corrected chi connectivity index (χ0v) is 9.82. The van der Waals surface area contributed by atoms with E-state index in [2.05, 4.69) is 11.8 Å². The second kappa shape index (κ2) is 5.28. The van der Waals surface area contributed by atoms with Crippen LogP contribution in [0.2, 0.25) is 0 Å². The Balaban J connectivity index is 1.96. The Labute approximate surface area is 93.0 Å². The van der Waals surface area contributed by atoms with Gasteiger partial charge in [-0.15, -0.1) is 0 Å². The van der Waals surface area contributed by atoms with E-state index in [0.717, 1.165) is 26.1 Å². The van der Waals surface area contributed by atoms with Crippen molar-refractivity contribution in [1.82, 2.24) is 4.90 Å². The molecule has 88 valence electrons. The molecule has 1 saturated heterocycles. The van der Waals surface area contributed by atoms with Gasteiger partial charge < -0.3 is 10.5 Å². The second-order valence-corrected chi connectivity index (χ2v) is 4.93. The summed E-state index contributed by atoms with van der Waals surface area (Å²) in [5.41, 5.74) is 5.65.